The maximum atomic E-state index is 5.18. The molecule has 17 heavy (non-hydrogen) atoms. The molecule has 0 saturated carbocycles. The van der Waals surface area contributed by atoms with Gasteiger partial charge in [0.25, 0.3) is 0 Å². The van der Waals surface area contributed by atoms with Crippen molar-refractivity contribution < 1.29 is 9.47 Å². The Bertz CT molecular complexity index is 167. The van der Waals surface area contributed by atoms with Crippen molar-refractivity contribution >= 4 is 0 Å². The molecule has 0 bridgehead atoms. The van der Waals surface area contributed by atoms with Gasteiger partial charge in [-0.05, 0) is 32.9 Å². The van der Waals surface area contributed by atoms with Gasteiger partial charge in [-0.2, -0.15) is 0 Å². The fourth-order valence-corrected chi connectivity index (χ4v) is 1.99. The highest BCUT2D eigenvalue weighted by Crippen LogP contribution is 2.10. The summed E-state index contributed by atoms with van der Waals surface area (Å²) < 4.78 is 10.3. The molecular formula is C13H30N2O2. The number of ether oxygens (including phenoxy) is 2. The normalized spacial score (nSPS) is 15.2. The van der Waals surface area contributed by atoms with Gasteiger partial charge in [-0.25, -0.2) is 0 Å². The number of nitrogens with one attached hydrogen (secondary N) is 1. The minimum atomic E-state index is 0.564. The molecule has 0 aliphatic rings. The first-order valence-corrected chi connectivity index (χ1v) is 6.53. The van der Waals surface area contributed by atoms with Crippen molar-refractivity contribution in [2.24, 2.45) is 5.92 Å². The Labute approximate surface area is 107 Å². The number of methoxy groups -OCH3 is 2. The number of nitrogens with zero attached hydrogens (tertiary/aromatic N) is 1. The van der Waals surface area contributed by atoms with E-state index in [0.717, 1.165) is 39.3 Å². The molecule has 0 amide bonds. The molecule has 0 heterocycles. The molecule has 4 heteroatoms. The lowest BCUT2D eigenvalue weighted by atomic mass is 10.0. The molecule has 0 aliphatic heterocycles. The second-order valence-corrected chi connectivity index (χ2v) is 4.65. The minimum Gasteiger partial charge on any atom is -0.385 e. The summed E-state index contributed by atoms with van der Waals surface area (Å²) in [6.07, 6.45) is 1.08. The maximum Gasteiger partial charge on any atom is 0.0589 e. The van der Waals surface area contributed by atoms with Crippen molar-refractivity contribution in [2.45, 2.75) is 26.3 Å². The lowest BCUT2D eigenvalue weighted by Gasteiger charge is -2.33. The van der Waals surface area contributed by atoms with Crippen LogP contribution in [0, 0.1) is 5.92 Å². The fraction of sp³-hybridized carbons (Fsp3) is 1.00. The summed E-state index contributed by atoms with van der Waals surface area (Å²) in [5.74, 6) is 0.638. The van der Waals surface area contributed by atoms with E-state index in [9.17, 15) is 0 Å². The van der Waals surface area contributed by atoms with Gasteiger partial charge in [-0.3, -0.25) is 4.90 Å². The molecule has 0 fully saturated rings. The highest BCUT2D eigenvalue weighted by atomic mass is 16.5. The summed E-state index contributed by atoms with van der Waals surface area (Å²) in [5, 5.41) is 3.24. The first-order valence-electron chi connectivity index (χ1n) is 6.53. The number of rotatable bonds is 11. The van der Waals surface area contributed by atoms with Gasteiger partial charge < -0.3 is 14.8 Å². The first kappa shape index (κ1) is 16.8. The van der Waals surface area contributed by atoms with Gasteiger partial charge in [0.15, 0.2) is 0 Å². The minimum absolute atomic E-state index is 0.564. The van der Waals surface area contributed by atoms with Crippen LogP contribution in [0.15, 0.2) is 0 Å². The van der Waals surface area contributed by atoms with Gasteiger partial charge in [0.2, 0.25) is 0 Å². The van der Waals surface area contributed by atoms with E-state index in [-0.39, 0.29) is 0 Å². The van der Waals surface area contributed by atoms with Crippen LogP contribution in [0.25, 0.3) is 0 Å². The van der Waals surface area contributed by atoms with E-state index >= 15 is 0 Å². The van der Waals surface area contributed by atoms with Gasteiger partial charge in [0.05, 0.1) is 6.61 Å². The van der Waals surface area contributed by atoms with E-state index in [0.29, 0.717) is 12.0 Å². The molecule has 0 aliphatic carbocycles. The second-order valence-electron chi connectivity index (χ2n) is 4.65. The van der Waals surface area contributed by atoms with Crippen molar-refractivity contribution in [1.82, 2.24) is 10.2 Å². The zero-order chi connectivity index (χ0) is 13.1. The third kappa shape index (κ3) is 7.71. The molecule has 0 radical (unpaired) electrons. The van der Waals surface area contributed by atoms with Gasteiger partial charge in [0, 0.05) is 40.0 Å². The molecule has 1 N–H and O–H groups in total. The summed E-state index contributed by atoms with van der Waals surface area (Å²) in [7, 11) is 5.52. The lowest BCUT2D eigenvalue weighted by molar-refractivity contribution is 0.0927. The zero-order valence-corrected chi connectivity index (χ0v) is 12.2. The van der Waals surface area contributed by atoms with Gasteiger partial charge >= 0.3 is 0 Å². The summed E-state index contributed by atoms with van der Waals surface area (Å²) in [5.41, 5.74) is 0. The quantitative estimate of drug-likeness (QED) is 0.556. The Kier molecular flexibility index (Phi) is 10.9. The van der Waals surface area contributed by atoms with Crippen LogP contribution in [0.3, 0.4) is 0 Å². The molecule has 0 saturated heterocycles. The van der Waals surface area contributed by atoms with Crippen LogP contribution in [-0.4, -0.2) is 65.1 Å². The molecule has 4 nitrogen and oxygen atoms in total. The van der Waals surface area contributed by atoms with Gasteiger partial charge in [0.1, 0.15) is 0 Å². The fourth-order valence-electron chi connectivity index (χ4n) is 1.99. The van der Waals surface area contributed by atoms with E-state index in [2.05, 4.69) is 24.1 Å². The van der Waals surface area contributed by atoms with Gasteiger partial charge in [-0.1, -0.05) is 6.92 Å². The Morgan fingerprint density at radius 2 is 1.71 bits per heavy atom. The summed E-state index contributed by atoms with van der Waals surface area (Å²) in [6, 6.07) is 0.564. The van der Waals surface area contributed by atoms with Crippen molar-refractivity contribution in [2.75, 3.05) is 54.1 Å². The zero-order valence-electron chi connectivity index (χ0n) is 12.2. The largest absolute Gasteiger partial charge is 0.385 e. The smallest absolute Gasteiger partial charge is 0.0589 e. The van der Waals surface area contributed by atoms with E-state index in [1.807, 2.05) is 7.05 Å². The third-order valence-electron chi connectivity index (χ3n) is 3.30. The molecule has 0 rings (SSSR count). The molecule has 104 valence electrons. The number of hydrogen-bond donors (Lipinski definition) is 1. The van der Waals surface area contributed by atoms with Crippen molar-refractivity contribution in [1.29, 1.82) is 0 Å². The van der Waals surface area contributed by atoms with Crippen molar-refractivity contribution in [3.63, 3.8) is 0 Å². The monoisotopic (exact) mass is 246 g/mol. The molecule has 2 atom stereocenters. The standard InChI is InChI=1S/C13H30N2O2/c1-12(11-14-3)13(2)15(8-10-17-5)7-6-9-16-4/h12-14H,6-11H2,1-5H3. The SMILES string of the molecule is CNCC(C)C(C)N(CCCOC)CCOC. The molecule has 2 unspecified atom stereocenters. The van der Waals surface area contributed by atoms with Crippen LogP contribution in [-0.2, 0) is 9.47 Å². The van der Waals surface area contributed by atoms with Crippen molar-refractivity contribution in [3.8, 4) is 0 Å². The molecule has 0 spiro atoms. The van der Waals surface area contributed by atoms with E-state index in [1.165, 1.54) is 0 Å². The molecule has 0 aromatic carbocycles. The predicted octanol–water partition coefficient (Wildman–Crippen LogP) is 1.22. The Morgan fingerprint density at radius 3 is 2.24 bits per heavy atom. The Morgan fingerprint density at radius 1 is 1.06 bits per heavy atom. The highest BCUT2D eigenvalue weighted by molar-refractivity contribution is 4.74. The van der Waals surface area contributed by atoms with E-state index in [4.69, 9.17) is 9.47 Å². The van der Waals surface area contributed by atoms with E-state index < -0.39 is 0 Å². The average molecular weight is 246 g/mol. The predicted molar refractivity (Wildman–Crippen MR) is 72.5 cm³/mol. The van der Waals surface area contributed by atoms with Crippen molar-refractivity contribution in [3.05, 3.63) is 0 Å². The van der Waals surface area contributed by atoms with Crippen LogP contribution in [0.2, 0.25) is 0 Å². The van der Waals surface area contributed by atoms with Gasteiger partial charge in [-0.15, -0.1) is 0 Å². The van der Waals surface area contributed by atoms with Crippen LogP contribution in [0.4, 0.5) is 0 Å². The topological polar surface area (TPSA) is 33.7 Å². The maximum absolute atomic E-state index is 5.18. The number of hydrogen-bond acceptors (Lipinski definition) is 4. The summed E-state index contributed by atoms with van der Waals surface area (Å²) in [4.78, 5) is 2.49. The molecular weight excluding hydrogens is 216 g/mol. The van der Waals surface area contributed by atoms with Crippen LogP contribution in [0.1, 0.15) is 20.3 Å². The Balaban J connectivity index is 4.12. The van der Waals surface area contributed by atoms with Crippen LogP contribution < -0.4 is 5.32 Å². The average Bonchev–Trinajstić information content (AvgIpc) is 2.33. The highest BCUT2D eigenvalue weighted by Gasteiger charge is 2.18. The summed E-state index contributed by atoms with van der Waals surface area (Å²) in [6.45, 7) is 9.33. The van der Waals surface area contributed by atoms with E-state index in [1.54, 1.807) is 14.2 Å². The molecule has 0 aromatic heterocycles. The first-order chi connectivity index (χ1) is 8.17. The second kappa shape index (κ2) is 11.0. The van der Waals surface area contributed by atoms with Crippen LogP contribution >= 0.6 is 0 Å². The molecule has 0 aromatic rings. The third-order valence-corrected chi connectivity index (χ3v) is 3.30. The Hall–Kier alpha value is -0.160. The van der Waals surface area contributed by atoms with Crippen LogP contribution in [0.5, 0.6) is 0 Å². The lowest BCUT2D eigenvalue weighted by Crippen LogP contribution is -2.43. The summed E-state index contributed by atoms with van der Waals surface area (Å²) >= 11 is 0.